The Morgan fingerprint density at radius 2 is 1.11 bits per heavy atom. The van der Waals surface area contributed by atoms with Crippen molar-refractivity contribution in [3.63, 3.8) is 0 Å². The molecule has 0 amide bonds. The molecule has 8 rings (SSSR count). The zero-order valence-electron chi connectivity index (χ0n) is 26.6. The molecule has 45 heavy (non-hydrogen) atoms. The second-order valence-electron chi connectivity index (χ2n) is 14.3. The SMILES string of the molecule is CC1=C[CH]([Zr]([CH3])([CH3])(=[SiH2])[CH]2c3cc(C)ccc3-c3ccc(C)cc32)c2cccc(-c3cc4ccccc4c4ccccc34)c21.Cl.Cl. The summed E-state index contributed by atoms with van der Waals surface area (Å²) in [5.74, 6) is 0. The molecule has 1 atom stereocenters. The van der Waals surface area contributed by atoms with Gasteiger partial charge in [-0.2, -0.15) is 0 Å². The van der Waals surface area contributed by atoms with Crippen molar-refractivity contribution in [1.29, 1.82) is 0 Å². The van der Waals surface area contributed by atoms with Crippen LogP contribution in [0.1, 0.15) is 47.6 Å². The Morgan fingerprint density at radius 1 is 0.533 bits per heavy atom. The van der Waals surface area contributed by atoms with E-state index in [0.717, 1.165) is 0 Å². The molecule has 4 heteroatoms. The van der Waals surface area contributed by atoms with Crippen LogP contribution < -0.4 is 0 Å². The fourth-order valence-corrected chi connectivity index (χ4v) is 25.4. The first-order valence-electron chi connectivity index (χ1n) is 15.6. The number of hydrogen-bond donors (Lipinski definition) is 0. The summed E-state index contributed by atoms with van der Waals surface area (Å²) >= 11 is -3.65. The van der Waals surface area contributed by atoms with Crippen molar-refractivity contribution < 1.29 is 17.4 Å². The van der Waals surface area contributed by atoms with Gasteiger partial charge in [-0.15, -0.1) is 24.8 Å². The van der Waals surface area contributed by atoms with Crippen molar-refractivity contribution in [2.24, 2.45) is 0 Å². The Bertz CT molecular complexity index is 2220. The molecule has 2 aliphatic rings. The van der Waals surface area contributed by atoms with Crippen molar-refractivity contribution >= 4 is 58.8 Å². The third-order valence-corrected chi connectivity index (χ3v) is 28.0. The molecule has 226 valence electrons. The van der Waals surface area contributed by atoms with Gasteiger partial charge in [0.15, 0.2) is 0 Å². The standard InChI is InChI=1S/C24H17.C15H13.2CH3.2ClH.H2Si.Zr/c1-16-13-14-17-8-6-12-22(24(16)17)23-15-18-7-2-3-9-19(18)20-10-4-5-11-21(20)23;1-10-3-5-14-12(7-10)9-13-8-11(2)4-6-15(13)14;;;;;;/h2-15H,1H3;3-9H,1-2H3;2*1H3;2*1H;1H2;. The van der Waals surface area contributed by atoms with E-state index in [4.69, 9.17) is 0 Å². The summed E-state index contributed by atoms with van der Waals surface area (Å²) < 4.78 is 6.46. The number of fused-ring (bicyclic) bond motifs is 7. The van der Waals surface area contributed by atoms with Crippen molar-refractivity contribution in [1.82, 2.24) is 0 Å². The quantitative estimate of drug-likeness (QED) is 0.126. The van der Waals surface area contributed by atoms with Crippen LogP contribution >= 0.6 is 24.8 Å². The summed E-state index contributed by atoms with van der Waals surface area (Å²) in [6.07, 6.45) is 2.68. The minimum Gasteiger partial charge on any atom is -0.147 e. The smallest absolute Gasteiger partial charge is 0.147 e. The maximum Gasteiger partial charge on any atom is -0.147 e. The first-order valence-corrected chi connectivity index (χ1v) is 29.3. The first kappa shape index (κ1) is 32.2. The van der Waals surface area contributed by atoms with Gasteiger partial charge in [0.1, 0.15) is 0 Å². The van der Waals surface area contributed by atoms with Crippen LogP contribution in [0.15, 0.2) is 115 Å². The first-order chi connectivity index (χ1) is 20.6. The Morgan fingerprint density at radius 3 is 1.76 bits per heavy atom. The molecule has 0 N–H and O–H groups in total. The Labute approximate surface area is 282 Å². The zero-order valence-corrected chi connectivity index (χ0v) is 32.2. The van der Waals surface area contributed by atoms with Crippen LogP contribution in [-0.2, 0) is 17.4 Å². The largest absolute Gasteiger partial charge is 0.147 e. The predicted molar refractivity (Wildman–Crippen MR) is 201 cm³/mol. The van der Waals surface area contributed by atoms with Crippen LogP contribution in [0.2, 0.25) is 9.26 Å². The van der Waals surface area contributed by atoms with Gasteiger partial charge in [0, 0.05) is 0 Å². The average molecular weight is 723 g/mol. The summed E-state index contributed by atoms with van der Waals surface area (Å²) in [7, 11) is 0. The number of allylic oxidation sites excluding steroid dienone is 2. The summed E-state index contributed by atoms with van der Waals surface area (Å²) in [4.78, 5) is 0. The molecule has 0 saturated heterocycles. The van der Waals surface area contributed by atoms with Gasteiger partial charge < -0.3 is 0 Å². The third kappa shape index (κ3) is 4.79. The molecule has 0 heterocycles. The van der Waals surface area contributed by atoms with Gasteiger partial charge in [0.05, 0.1) is 0 Å². The summed E-state index contributed by atoms with van der Waals surface area (Å²) in [5.41, 5.74) is 16.0. The summed E-state index contributed by atoms with van der Waals surface area (Å²) in [6.45, 7) is 9.32. The van der Waals surface area contributed by atoms with E-state index in [-0.39, 0.29) is 24.8 Å². The number of benzene rings is 6. The van der Waals surface area contributed by atoms with E-state index in [9.17, 15) is 0 Å². The minimum absolute atomic E-state index is 0. The van der Waals surface area contributed by atoms with Crippen LogP contribution in [0, 0.1) is 13.8 Å². The third-order valence-electron chi connectivity index (χ3n) is 10.6. The molecule has 2 aliphatic carbocycles. The molecule has 0 aromatic heterocycles. The van der Waals surface area contributed by atoms with Crippen LogP contribution in [-0.4, -0.2) is 6.88 Å². The van der Waals surface area contributed by atoms with Gasteiger partial charge in [0.25, 0.3) is 0 Å². The van der Waals surface area contributed by atoms with Crippen molar-refractivity contribution in [3.8, 4) is 22.3 Å². The fraction of sp³-hybridized carbons (Fsp3) is 0.171. The summed E-state index contributed by atoms with van der Waals surface area (Å²) in [5, 5.41) is 5.31. The van der Waals surface area contributed by atoms with Crippen molar-refractivity contribution in [2.75, 3.05) is 0 Å². The minimum atomic E-state index is -3.65. The Hall–Kier alpha value is -2.74. The number of aryl methyl sites for hydroxylation is 2. The number of hydrogen-bond acceptors (Lipinski definition) is 0. The molecular weight excluding hydrogens is 683 g/mol. The fourth-order valence-electron chi connectivity index (χ4n) is 8.68. The van der Waals surface area contributed by atoms with Crippen LogP contribution in [0.25, 0.3) is 49.4 Å². The molecule has 1 unspecified atom stereocenters. The second-order valence-corrected chi connectivity index (χ2v) is 44.9. The molecule has 6 aromatic rings. The summed E-state index contributed by atoms with van der Waals surface area (Å²) in [6, 6.07) is 41.8. The maximum absolute atomic E-state index is 3.65. The predicted octanol–water partition coefficient (Wildman–Crippen LogP) is 11.7. The van der Waals surface area contributed by atoms with Crippen molar-refractivity contribution in [2.45, 2.75) is 37.3 Å². The molecule has 6 aromatic carbocycles. The molecule has 0 aliphatic heterocycles. The molecule has 0 saturated carbocycles. The number of rotatable bonds is 3. The van der Waals surface area contributed by atoms with Gasteiger partial charge >= 0.3 is 260 Å². The topological polar surface area (TPSA) is 0 Å². The Kier molecular flexibility index (Phi) is 8.02. The normalized spacial score (nSPS) is 15.6. The van der Waals surface area contributed by atoms with Gasteiger partial charge in [-0.05, 0) is 0 Å². The van der Waals surface area contributed by atoms with Crippen LogP contribution in [0.5, 0.6) is 0 Å². The van der Waals surface area contributed by atoms with E-state index in [0.29, 0.717) is 7.25 Å². The Balaban J connectivity index is 0.00000179. The van der Waals surface area contributed by atoms with Gasteiger partial charge in [0.2, 0.25) is 0 Å². The molecular formula is C41H40Cl2SiZr. The second kappa shape index (κ2) is 11.2. The van der Waals surface area contributed by atoms with Crippen LogP contribution in [0.4, 0.5) is 0 Å². The van der Waals surface area contributed by atoms with E-state index in [2.05, 4.69) is 152 Å². The molecule has 0 fully saturated rings. The van der Waals surface area contributed by atoms with Gasteiger partial charge in [-0.3, -0.25) is 0 Å². The number of halogens is 2. The maximum atomic E-state index is 2.75. The molecule has 0 radical (unpaired) electrons. The average Bonchev–Trinajstić information content (AvgIpc) is 3.52. The van der Waals surface area contributed by atoms with E-state index < -0.39 is 17.4 Å². The van der Waals surface area contributed by atoms with Gasteiger partial charge in [-0.1, -0.05) is 0 Å². The van der Waals surface area contributed by atoms with E-state index in [1.807, 2.05) is 0 Å². The van der Waals surface area contributed by atoms with Gasteiger partial charge in [-0.25, -0.2) is 0 Å². The van der Waals surface area contributed by atoms with E-state index in [1.165, 1.54) is 66.1 Å². The zero-order chi connectivity index (χ0) is 29.7. The van der Waals surface area contributed by atoms with E-state index in [1.54, 1.807) is 16.7 Å². The van der Waals surface area contributed by atoms with Crippen LogP contribution in [0.3, 0.4) is 0 Å². The van der Waals surface area contributed by atoms with Crippen molar-refractivity contribution in [3.05, 3.63) is 149 Å². The monoisotopic (exact) mass is 720 g/mol. The molecule has 0 spiro atoms. The van der Waals surface area contributed by atoms with E-state index >= 15 is 0 Å². The molecule has 0 nitrogen and oxygen atoms in total. The molecule has 0 bridgehead atoms.